The number of ether oxygens (including phenoxy) is 1. The summed E-state index contributed by atoms with van der Waals surface area (Å²) in [6.45, 7) is 0.878. The zero-order chi connectivity index (χ0) is 10.7. The molecule has 1 aromatic heterocycles. The molecule has 0 unspecified atom stereocenters. The first-order chi connectivity index (χ1) is 7.27. The maximum atomic E-state index is 11.6. The number of pyridine rings is 1. The molecule has 1 saturated heterocycles. The van der Waals surface area contributed by atoms with Crippen LogP contribution in [-0.4, -0.2) is 23.5 Å². The van der Waals surface area contributed by atoms with Gasteiger partial charge in [-0.3, -0.25) is 0 Å². The van der Waals surface area contributed by atoms with Crippen molar-refractivity contribution in [2.75, 3.05) is 6.54 Å². The van der Waals surface area contributed by atoms with E-state index in [2.05, 4.69) is 26.2 Å². The van der Waals surface area contributed by atoms with E-state index in [9.17, 15) is 4.79 Å². The lowest BCUT2D eigenvalue weighted by Gasteiger charge is -2.09. The zero-order valence-electron chi connectivity index (χ0n) is 8.07. The van der Waals surface area contributed by atoms with Gasteiger partial charge in [-0.15, -0.1) is 0 Å². The molecule has 80 valence electrons. The molecule has 1 fully saturated rings. The summed E-state index contributed by atoms with van der Waals surface area (Å²) in [5, 5.41) is 3.08. The minimum absolute atomic E-state index is 0.182. The van der Waals surface area contributed by atoms with E-state index in [0.29, 0.717) is 10.4 Å². The Labute approximate surface area is 96.2 Å². The van der Waals surface area contributed by atoms with E-state index in [1.165, 1.54) is 0 Å². The molecule has 0 aliphatic carbocycles. The lowest BCUT2D eigenvalue weighted by molar-refractivity contribution is -0.136. The minimum atomic E-state index is -0.257. The number of nitrogens with zero attached hydrogens (tertiary/aromatic N) is 1. The molecule has 15 heavy (non-hydrogen) atoms. The van der Waals surface area contributed by atoms with Gasteiger partial charge in [-0.1, -0.05) is 0 Å². The first-order valence-electron chi connectivity index (χ1n) is 4.83. The number of halogens is 1. The van der Waals surface area contributed by atoms with Gasteiger partial charge >= 0.3 is 5.97 Å². The number of carbonyl (C=O) groups excluding carboxylic acids is 1. The zero-order valence-corrected chi connectivity index (χ0v) is 9.66. The molecule has 5 heteroatoms. The highest BCUT2D eigenvalue weighted by molar-refractivity contribution is 9.10. The van der Waals surface area contributed by atoms with Crippen LogP contribution >= 0.6 is 15.9 Å². The van der Waals surface area contributed by atoms with Gasteiger partial charge < -0.3 is 10.1 Å². The average Bonchev–Trinajstić information content (AvgIpc) is 2.74. The first kappa shape index (κ1) is 10.6. The second-order valence-corrected chi connectivity index (χ2v) is 4.21. The van der Waals surface area contributed by atoms with Gasteiger partial charge in [-0.25, -0.2) is 9.78 Å². The van der Waals surface area contributed by atoms with Crippen LogP contribution in [0, 0.1) is 0 Å². The fraction of sp³-hybridized carbons (Fsp3) is 0.400. The van der Waals surface area contributed by atoms with Crippen molar-refractivity contribution in [2.45, 2.75) is 18.9 Å². The monoisotopic (exact) mass is 270 g/mol. The van der Waals surface area contributed by atoms with E-state index in [4.69, 9.17) is 4.74 Å². The van der Waals surface area contributed by atoms with Crippen LogP contribution in [0.2, 0.25) is 0 Å². The van der Waals surface area contributed by atoms with Gasteiger partial charge in [0.05, 0.1) is 4.47 Å². The summed E-state index contributed by atoms with van der Waals surface area (Å²) in [7, 11) is 0. The summed E-state index contributed by atoms with van der Waals surface area (Å²) in [6, 6.07) is 3.38. The van der Waals surface area contributed by atoms with Crippen molar-refractivity contribution < 1.29 is 9.53 Å². The Morgan fingerprint density at radius 3 is 3.20 bits per heavy atom. The Morgan fingerprint density at radius 2 is 2.53 bits per heavy atom. The van der Waals surface area contributed by atoms with Gasteiger partial charge in [-0.2, -0.15) is 0 Å². The molecule has 0 radical (unpaired) electrons. The van der Waals surface area contributed by atoms with Crippen molar-refractivity contribution >= 4 is 21.9 Å². The molecule has 1 aliphatic rings. The van der Waals surface area contributed by atoms with Gasteiger partial charge in [0, 0.05) is 6.20 Å². The van der Waals surface area contributed by atoms with Crippen LogP contribution in [0.4, 0.5) is 0 Å². The number of aromatic nitrogens is 1. The third kappa shape index (κ3) is 2.54. The number of carbonyl (C=O) groups is 1. The van der Waals surface area contributed by atoms with Crippen LogP contribution in [-0.2, 0) is 4.79 Å². The highest BCUT2D eigenvalue weighted by Crippen LogP contribution is 2.21. The summed E-state index contributed by atoms with van der Waals surface area (Å²) in [5.41, 5.74) is 0. The summed E-state index contributed by atoms with van der Waals surface area (Å²) in [6.07, 6.45) is 3.45. The number of esters is 1. The molecule has 0 saturated carbocycles. The molecule has 1 aliphatic heterocycles. The van der Waals surface area contributed by atoms with Crippen molar-refractivity contribution in [2.24, 2.45) is 0 Å². The number of nitrogens with one attached hydrogen (secondary N) is 1. The maximum Gasteiger partial charge on any atom is 0.329 e. The topological polar surface area (TPSA) is 51.2 Å². The van der Waals surface area contributed by atoms with Gasteiger partial charge in [0.25, 0.3) is 0 Å². The molecular formula is C10H11BrN2O2. The van der Waals surface area contributed by atoms with Crippen molar-refractivity contribution in [1.29, 1.82) is 0 Å². The molecule has 0 spiro atoms. The minimum Gasteiger partial charge on any atom is -0.405 e. The number of rotatable bonds is 2. The fourth-order valence-corrected chi connectivity index (χ4v) is 1.83. The third-order valence-corrected chi connectivity index (χ3v) is 2.87. The SMILES string of the molecule is O=C(Oc1ncccc1Br)[C@@H]1CCCN1. The van der Waals surface area contributed by atoms with Crippen LogP contribution < -0.4 is 10.1 Å². The van der Waals surface area contributed by atoms with Crippen molar-refractivity contribution in [3.8, 4) is 5.88 Å². The normalized spacial score (nSPS) is 20.2. The van der Waals surface area contributed by atoms with Crippen molar-refractivity contribution in [3.63, 3.8) is 0 Å². The summed E-state index contributed by atoms with van der Waals surface area (Å²) in [5.74, 6) is 0.0723. The van der Waals surface area contributed by atoms with E-state index in [0.717, 1.165) is 19.4 Å². The second kappa shape index (κ2) is 4.72. The van der Waals surface area contributed by atoms with Crippen LogP contribution in [0.15, 0.2) is 22.8 Å². The van der Waals surface area contributed by atoms with E-state index in [1.54, 1.807) is 18.3 Å². The van der Waals surface area contributed by atoms with Crippen LogP contribution in [0.1, 0.15) is 12.8 Å². The fourth-order valence-electron chi connectivity index (χ4n) is 1.50. The lowest BCUT2D eigenvalue weighted by Crippen LogP contribution is -2.34. The lowest BCUT2D eigenvalue weighted by atomic mass is 10.2. The molecule has 2 heterocycles. The molecule has 2 rings (SSSR count). The summed E-state index contributed by atoms with van der Waals surface area (Å²) >= 11 is 3.27. The van der Waals surface area contributed by atoms with E-state index >= 15 is 0 Å². The predicted octanol–water partition coefficient (Wildman–Crippen LogP) is 1.50. The highest BCUT2D eigenvalue weighted by Gasteiger charge is 2.24. The third-order valence-electron chi connectivity index (χ3n) is 2.27. The van der Waals surface area contributed by atoms with Gasteiger partial charge in [-0.05, 0) is 47.4 Å². The highest BCUT2D eigenvalue weighted by atomic mass is 79.9. The van der Waals surface area contributed by atoms with E-state index in [-0.39, 0.29) is 12.0 Å². The van der Waals surface area contributed by atoms with Crippen LogP contribution in [0.5, 0.6) is 5.88 Å². The molecule has 0 bridgehead atoms. The Hall–Kier alpha value is -0.940. The van der Waals surface area contributed by atoms with Gasteiger partial charge in [0.2, 0.25) is 5.88 Å². The summed E-state index contributed by atoms with van der Waals surface area (Å²) in [4.78, 5) is 15.6. The van der Waals surface area contributed by atoms with E-state index < -0.39 is 0 Å². The quantitative estimate of drug-likeness (QED) is 0.828. The van der Waals surface area contributed by atoms with Crippen LogP contribution in [0.3, 0.4) is 0 Å². The second-order valence-electron chi connectivity index (χ2n) is 3.36. The molecule has 0 aromatic carbocycles. The van der Waals surface area contributed by atoms with Crippen molar-refractivity contribution in [1.82, 2.24) is 10.3 Å². The molecular weight excluding hydrogens is 260 g/mol. The van der Waals surface area contributed by atoms with Crippen molar-refractivity contribution in [3.05, 3.63) is 22.8 Å². The molecule has 1 N–H and O–H groups in total. The Morgan fingerprint density at radius 1 is 1.67 bits per heavy atom. The van der Waals surface area contributed by atoms with Crippen LogP contribution in [0.25, 0.3) is 0 Å². The van der Waals surface area contributed by atoms with Gasteiger partial charge in [0.1, 0.15) is 6.04 Å². The maximum absolute atomic E-state index is 11.6. The smallest absolute Gasteiger partial charge is 0.329 e. The molecule has 0 amide bonds. The first-order valence-corrected chi connectivity index (χ1v) is 5.62. The number of hydrogen-bond acceptors (Lipinski definition) is 4. The Bertz CT molecular complexity index is 364. The van der Waals surface area contributed by atoms with E-state index in [1.807, 2.05) is 0 Å². The molecule has 1 aromatic rings. The number of hydrogen-bond donors (Lipinski definition) is 1. The summed E-state index contributed by atoms with van der Waals surface area (Å²) < 4.78 is 5.86. The Balaban J connectivity index is 2.02. The van der Waals surface area contributed by atoms with Gasteiger partial charge in [0.15, 0.2) is 0 Å². The predicted molar refractivity (Wildman–Crippen MR) is 58.6 cm³/mol. The molecule has 1 atom stereocenters. The average molecular weight is 271 g/mol. The Kier molecular flexibility index (Phi) is 3.33. The standard InChI is InChI=1S/C10H11BrN2O2/c11-7-3-1-6-13-9(7)15-10(14)8-4-2-5-12-8/h1,3,6,8,12H,2,4-5H2/t8-/m0/s1. The largest absolute Gasteiger partial charge is 0.405 e. The molecule has 4 nitrogen and oxygen atoms in total.